The summed E-state index contributed by atoms with van der Waals surface area (Å²) in [5, 5.41) is 0. The minimum Gasteiger partial charge on any atom is -0.441 e. The monoisotopic (exact) mass is 466 g/mol. The summed E-state index contributed by atoms with van der Waals surface area (Å²) >= 11 is 0. The number of halogens is 2. The molecule has 0 radical (unpaired) electrons. The Kier molecular flexibility index (Phi) is 6.34. The zero-order chi connectivity index (χ0) is 22.9. The van der Waals surface area contributed by atoms with Gasteiger partial charge >= 0.3 is 6.09 Å². The van der Waals surface area contributed by atoms with E-state index in [4.69, 9.17) is 4.74 Å². The van der Waals surface area contributed by atoms with Crippen LogP contribution >= 0.6 is 0 Å². The zero-order valence-corrected chi connectivity index (χ0v) is 18.4. The molecule has 7 nitrogen and oxygen atoms in total. The van der Waals surface area contributed by atoms with Gasteiger partial charge in [0.2, 0.25) is 0 Å². The first-order valence-electron chi connectivity index (χ1n) is 10.4. The van der Waals surface area contributed by atoms with Crippen molar-refractivity contribution < 1.29 is 30.9 Å². The first kappa shape index (κ1) is 22.5. The second kappa shape index (κ2) is 9.03. The van der Waals surface area contributed by atoms with Crippen molar-refractivity contribution in [2.24, 2.45) is 0 Å². The maximum Gasteiger partial charge on any atom is 0.414 e. The number of carbonyl (C=O) groups is 1. The van der Waals surface area contributed by atoms with Gasteiger partial charge in [-0.25, -0.2) is 13.6 Å². The van der Waals surface area contributed by atoms with Crippen molar-refractivity contribution in [2.75, 3.05) is 42.3 Å². The van der Waals surface area contributed by atoms with E-state index in [0.717, 1.165) is 38.6 Å². The van der Waals surface area contributed by atoms with Crippen LogP contribution in [0.2, 0.25) is 0 Å². The van der Waals surface area contributed by atoms with E-state index in [1.165, 1.54) is 29.2 Å². The van der Waals surface area contributed by atoms with Crippen molar-refractivity contribution in [1.82, 2.24) is 0 Å². The molecule has 2 aliphatic heterocycles. The lowest BCUT2D eigenvalue weighted by Gasteiger charge is -2.29. The molecular weight excluding hydrogens is 442 g/mol. The molecule has 10 heteroatoms. The second-order valence-electron chi connectivity index (χ2n) is 7.98. The number of rotatable bonds is 6. The molecule has 0 spiro atoms. The van der Waals surface area contributed by atoms with Crippen LogP contribution in [0.5, 0.6) is 0 Å². The number of ether oxygens (including phenoxy) is 1. The molecule has 2 aliphatic rings. The minimum atomic E-state index is -3.67. The number of carbonyl (C=O) groups excluding carboxylic acids is 1. The molecule has 1 atom stereocenters. The van der Waals surface area contributed by atoms with Crippen LogP contribution in [0.3, 0.4) is 0 Å². The normalized spacial score (nSPS) is 19.3. The fraction of sp³-hybridized carbons (Fsp3) is 0.409. The maximum absolute atomic E-state index is 14.9. The molecule has 0 saturated carbocycles. The highest BCUT2D eigenvalue weighted by Crippen LogP contribution is 2.32. The van der Waals surface area contributed by atoms with Crippen LogP contribution in [0.15, 0.2) is 36.4 Å². The molecule has 172 valence electrons. The fourth-order valence-electron chi connectivity index (χ4n) is 3.99. The summed E-state index contributed by atoms with van der Waals surface area (Å²) in [5.41, 5.74) is 1.38. The molecule has 0 aliphatic carbocycles. The van der Waals surface area contributed by atoms with E-state index in [1.807, 2.05) is 4.90 Å². The van der Waals surface area contributed by atoms with Gasteiger partial charge in [-0.3, -0.25) is 9.08 Å². The van der Waals surface area contributed by atoms with Gasteiger partial charge in [-0.05, 0) is 55.2 Å². The Labute approximate surface area is 185 Å². The number of hydrogen-bond acceptors (Lipinski definition) is 6. The number of amides is 1. The minimum absolute atomic E-state index is 0.0201. The average Bonchev–Trinajstić information content (AvgIpc) is 3.13. The predicted octanol–water partition coefficient (Wildman–Crippen LogP) is 3.92. The lowest BCUT2D eigenvalue weighted by atomic mass is 10.0. The van der Waals surface area contributed by atoms with Crippen molar-refractivity contribution >= 4 is 27.6 Å². The van der Waals surface area contributed by atoms with Crippen LogP contribution in [0.25, 0.3) is 11.1 Å². The van der Waals surface area contributed by atoms with Crippen molar-refractivity contribution in [3.8, 4) is 11.1 Å². The molecule has 0 N–H and O–H groups in total. The number of anilines is 2. The van der Waals surface area contributed by atoms with E-state index in [2.05, 4.69) is 4.18 Å². The first-order valence-corrected chi connectivity index (χ1v) is 12.2. The number of cyclic esters (lactones) is 1. The quantitative estimate of drug-likeness (QED) is 0.601. The van der Waals surface area contributed by atoms with Crippen molar-refractivity contribution in [2.45, 2.75) is 25.4 Å². The SMILES string of the molecule is CS(=O)(=O)OC[C@H]1CN(c2ccc(-c3ccc(N4CCCCC4)c(F)c3)c(F)c2)C(=O)O1. The zero-order valence-electron chi connectivity index (χ0n) is 17.6. The van der Waals surface area contributed by atoms with Crippen molar-refractivity contribution in [3.05, 3.63) is 48.0 Å². The summed E-state index contributed by atoms with van der Waals surface area (Å²) in [5.74, 6) is -1.01. The fourth-order valence-corrected chi connectivity index (χ4v) is 4.39. The number of hydrogen-bond donors (Lipinski definition) is 0. The van der Waals surface area contributed by atoms with Crippen LogP contribution in [-0.2, 0) is 19.0 Å². The van der Waals surface area contributed by atoms with Crippen LogP contribution in [-0.4, -0.2) is 53.1 Å². The van der Waals surface area contributed by atoms with Crippen LogP contribution < -0.4 is 9.80 Å². The van der Waals surface area contributed by atoms with Gasteiger partial charge in [-0.15, -0.1) is 0 Å². The van der Waals surface area contributed by atoms with E-state index >= 15 is 0 Å². The highest BCUT2D eigenvalue weighted by molar-refractivity contribution is 7.85. The maximum atomic E-state index is 14.9. The Morgan fingerprint density at radius 3 is 2.47 bits per heavy atom. The first-order chi connectivity index (χ1) is 15.2. The standard InChI is InChI=1S/C22H24F2N2O5S/c1-32(28,29)30-14-17-13-26(22(27)31-17)16-6-7-18(19(23)12-16)15-5-8-21(20(24)11-15)25-9-3-2-4-10-25/h5-8,11-12,17H,2-4,9-10,13-14H2,1H3/t17-/m1/s1. The third kappa shape index (κ3) is 5.02. The van der Waals surface area contributed by atoms with Gasteiger partial charge in [-0.2, -0.15) is 8.42 Å². The summed E-state index contributed by atoms with van der Waals surface area (Å²) < 4.78 is 61.6. The van der Waals surface area contributed by atoms with Gasteiger partial charge in [0.15, 0.2) is 0 Å². The summed E-state index contributed by atoms with van der Waals surface area (Å²) in [4.78, 5) is 15.3. The van der Waals surface area contributed by atoms with Crippen LogP contribution in [0.1, 0.15) is 19.3 Å². The summed E-state index contributed by atoms with van der Waals surface area (Å²) in [6.45, 7) is 1.32. The molecule has 2 fully saturated rings. The number of nitrogens with zero attached hydrogens (tertiary/aromatic N) is 2. The van der Waals surface area contributed by atoms with Crippen LogP contribution in [0.4, 0.5) is 25.0 Å². The van der Waals surface area contributed by atoms with Gasteiger partial charge in [0, 0.05) is 18.7 Å². The van der Waals surface area contributed by atoms with E-state index < -0.39 is 33.9 Å². The highest BCUT2D eigenvalue weighted by atomic mass is 32.2. The molecule has 4 rings (SSSR count). The van der Waals surface area contributed by atoms with Crippen LogP contribution in [0, 0.1) is 11.6 Å². The highest BCUT2D eigenvalue weighted by Gasteiger charge is 2.33. The lowest BCUT2D eigenvalue weighted by Crippen LogP contribution is -2.30. The Morgan fingerprint density at radius 2 is 1.81 bits per heavy atom. The van der Waals surface area contributed by atoms with E-state index in [1.54, 1.807) is 12.1 Å². The predicted molar refractivity (Wildman–Crippen MR) is 116 cm³/mol. The topological polar surface area (TPSA) is 76.2 Å². The summed E-state index contributed by atoms with van der Waals surface area (Å²) in [7, 11) is -3.67. The van der Waals surface area contributed by atoms with Gasteiger partial charge in [0.05, 0.1) is 24.2 Å². The molecule has 2 heterocycles. The Bertz CT molecular complexity index is 1120. The third-order valence-corrected chi connectivity index (χ3v) is 6.13. The molecule has 32 heavy (non-hydrogen) atoms. The molecule has 2 aromatic rings. The van der Waals surface area contributed by atoms with E-state index in [9.17, 15) is 22.0 Å². The van der Waals surface area contributed by atoms with Gasteiger partial charge in [-0.1, -0.05) is 6.07 Å². The molecular formula is C22H24F2N2O5S. The summed E-state index contributed by atoms with van der Waals surface area (Å²) in [6, 6.07) is 8.88. The van der Waals surface area contributed by atoms with E-state index in [0.29, 0.717) is 11.3 Å². The lowest BCUT2D eigenvalue weighted by molar-refractivity contribution is 0.107. The Morgan fingerprint density at radius 1 is 1.06 bits per heavy atom. The molecule has 2 saturated heterocycles. The van der Waals surface area contributed by atoms with E-state index in [-0.39, 0.29) is 24.4 Å². The molecule has 2 aromatic carbocycles. The van der Waals surface area contributed by atoms with Gasteiger partial charge < -0.3 is 9.64 Å². The third-order valence-electron chi connectivity index (χ3n) is 5.56. The average molecular weight is 467 g/mol. The van der Waals surface area contributed by atoms with Crippen molar-refractivity contribution in [3.63, 3.8) is 0 Å². The Hall–Kier alpha value is -2.72. The van der Waals surface area contributed by atoms with Gasteiger partial charge in [0.25, 0.3) is 10.1 Å². The smallest absolute Gasteiger partial charge is 0.414 e. The molecule has 0 aromatic heterocycles. The number of piperidine rings is 1. The molecule has 0 bridgehead atoms. The molecule has 0 unspecified atom stereocenters. The second-order valence-corrected chi connectivity index (χ2v) is 9.63. The van der Waals surface area contributed by atoms with Crippen molar-refractivity contribution in [1.29, 1.82) is 0 Å². The number of benzene rings is 2. The van der Waals surface area contributed by atoms with Gasteiger partial charge in [0.1, 0.15) is 24.3 Å². The largest absolute Gasteiger partial charge is 0.441 e. The molecule has 1 amide bonds. The Balaban J connectivity index is 1.50. The summed E-state index contributed by atoms with van der Waals surface area (Å²) in [6.07, 6.45) is 2.57.